The smallest absolute Gasteiger partial charge is 0.142 e. The predicted octanol–water partition coefficient (Wildman–Crippen LogP) is 2.86. The molecule has 1 aromatic carbocycles. The van der Waals surface area contributed by atoms with Gasteiger partial charge in [0.05, 0.1) is 0 Å². The van der Waals surface area contributed by atoms with Crippen LogP contribution < -0.4 is 0 Å². The molecule has 0 radical (unpaired) electrons. The third-order valence-electron chi connectivity index (χ3n) is 1.51. The molecule has 0 amide bonds. The molecule has 0 fully saturated rings. The summed E-state index contributed by atoms with van der Waals surface area (Å²) in [6.45, 7) is 1.97. The molecule has 0 aromatic heterocycles. The third kappa shape index (κ3) is 2.21. The maximum absolute atomic E-state index is 10.0. The van der Waals surface area contributed by atoms with Crippen LogP contribution in [0.1, 0.15) is 11.1 Å². The number of halogens is 1. The number of carbonyl (C=O) groups is 1. The van der Waals surface area contributed by atoms with Crippen LogP contribution in [0.2, 0.25) is 5.02 Å². The van der Waals surface area contributed by atoms with E-state index in [1.54, 1.807) is 6.08 Å². The summed E-state index contributed by atoms with van der Waals surface area (Å²) in [5.74, 6) is 0. The van der Waals surface area contributed by atoms with Crippen LogP contribution in [0.3, 0.4) is 0 Å². The van der Waals surface area contributed by atoms with Gasteiger partial charge in [0, 0.05) is 5.02 Å². The standard InChI is InChI=1S/C10H9ClO/c1-8-4-5-9(3-2-6-12)10(11)7-8/h2-7H,1H3. The van der Waals surface area contributed by atoms with Gasteiger partial charge >= 0.3 is 0 Å². The maximum atomic E-state index is 10.0. The highest BCUT2D eigenvalue weighted by molar-refractivity contribution is 6.32. The van der Waals surface area contributed by atoms with Gasteiger partial charge in [0.15, 0.2) is 0 Å². The van der Waals surface area contributed by atoms with Gasteiger partial charge in [0.1, 0.15) is 6.29 Å². The minimum absolute atomic E-state index is 0.674. The first-order chi connectivity index (χ1) is 5.74. The summed E-state index contributed by atoms with van der Waals surface area (Å²) < 4.78 is 0. The fourth-order valence-corrected chi connectivity index (χ4v) is 1.21. The van der Waals surface area contributed by atoms with Crippen molar-refractivity contribution in [1.82, 2.24) is 0 Å². The zero-order chi connectivity index (χ0) is 8.97. The molecule has 0 aliphatic rings. The van der Waals surface area contributed by atoms with E-state index >= 15 is 0 Å². The Balaban J connectivity index is 3.01. The van der Waals surface area contributed by atoms with Crippen LogP contribution in [0.4, 0.5) is 0 Å². The lowest BCUT2D eigenvalue weighted by Gasteiger charge is -1.98. The van der Waals surface area contributed by atoms with Crippen molar-refractivity contribution in [2.24, 2.45) is 0 Å². The van der Waals surface area contributed by atoms with Gasteiger partial charge in [-0.15, -0.1) is 0 Å². The van der Waals surface area contributed by atoms with Crippen LogP contribution in [-0.4, -0.2) is 6.29 Å². The molecular formula is C10H9ClO. The van der Waals surface area contributed by atoms with E-state index in [-0.39, 0.29) is 0 Å². The Morgan fingerprint density at radius 3 is 2.75 bits per heavy atom. The number of hydrogen-bond donors (Lipinski definition) is 0. The molecule has 1 rings (SSSR count). The highest BCUT2D eigenvalue weighted by Crippen LogP contribution is 2.18. The van der Waals surface area contributed by atoms with Crippen LogP contribution in [-0.2, 0) is 4.79 Å². The predicted molar refractivity (Wildman–Crippen MR) is 51.3 cm³/mol. The minimum Gasteiger partial charge on any atom is -0.299 e. The van der Waals surface area contributed by atoms with Crippen LogP contribution in [0.15, 0.2) is 24.3 Å². The Morgan fingerprint density at radius 1 is 1.42 bits per heavy atom. The van der Waals surface area contributed by atoms with E-state index in [9.17, 15) is 4.79 Å². The molecule has 0 saturated heterocycles. The molecule has 62 valence electrons. The summed E-state index contributed by atoms with van der Waals surface area (Å²) in [5, 5.41) is 0.674. The molecule has 0 heterocycles. The van der Waals surface area contributed by atoms with Gasteiger partial charge in [0.2, 0.25) is 0 Å². The van der Waals surface area contributed by atoms with Crippen LogP contribution in [0, 0.1) is 6.92 Å². The molecule has 0 N–H and O–H groups in total. The van der Waals surface area contributed by atoms with Crippen molar-refractivity contribution in [3.63, 3.8) is 0 Å². The molecule has 0 spiro atoms. The van der Waals surface area contributed by atoms with E-state index in [0.29, 0.717) is 5.02 Å². The monoisotopic (exact) mass is 180 g/mol. The largest absolute Gasteiger partial charge is 0.299 e. The van der Waals surface area contributed by atoms with Gasteiger partial charge < -0.3 is 0 Å². The zero-order valence-corrected chi connectivity index (χ0v) is 7.51. The molecule has 0 aliphatic carbocycles. The van der Waals surface area contributed by atoms with Gasteiger partial charge in [0.25, 0.3) is 0 Å². The number of carbonyl (C=O) groups excluding carboxylic acids is 1. The Bertz CT molecular complexity index is 316. The Hall–Kier alpha value is -1.08. The van der Waals surface area contributed by atoms with E-state index in [1.165, 1.54) is 6.08 Å². The lowest BCUT2D eigenvalue weighted by Crippen LogP contribution is -1.77. The van der Waals surface area contributed by atoms with Crippen molar-refractivity contribution in [1.29, 1.82) is 0 Å². The van der Waals surface area contributed by atoms with Crippen molar-refractivity contribution in [3.8, 4) is 0 Å². The second-order valence-electron chi connectivity index (χ2n) is 2.52. The fourth-order valence-electron chi connectivity index (χ4n) is 0.910. The second kappa shape index (κ2) is 4.07. The number of aldehydes is 1. The third-order valence-corrected chi connectivity index (χ3v) is 1.84. The molecule has 0 saturated carbocycles. The molecule has 1 nitrogen and oxygen atoms in total. The van der Waals surface area contributed by atoms with E-state index in [1.807, 2.05) is 25.1 Å². The van der Waals surface area contributed by atoms with Crippen molar-refractivity contribution in [2.45, 2.75) is 6.92 Å². The first kappa shape index (κ1) is 9.01. The van der Waals surface area contributed by atoms with Crippen molar-refractivity contribution in [2.75, 3.05) is 0 Å². The second-order valence-corrected chi connectivity index (χ2v) is 2.93. The summed E-state index contributed by atoms with van der Waals surface area (Å²) in [6, 6.07) is 5.71. The van der Waals surface area contributed by atoms with Crippen LogP contribution in [0.5, 0.6) is 0 Å². The number of aryl methyl sites for hydroxylation is 1. The molecule has 0 unspecified atom stereocenters. The first-order valence-corrected chi connectivity index (χ1v) is 4.00. The highest BCUT2D eigenvalue weighted by Gasteiger charge is 1.94. The summed E-state index contributed by atoms with van der Waals surface area (Å²) in [5.41, 5.74) is 1.98. The average molecular weight is 181 g/mol. The summed E-state index contributed by atoms with van der Waals surface area (Å²) >= 11 is 5.90. The SMILES string of the molecule is Cc1ccc(C=CC=O)c(Cl)c1. The number of hydrogen-bond acceptors (Lipinski definition) is 1. The number of rotatable bonds is 2. The minimum atomic E-state index is 0.674. The molecule has 12 heavy (non-hydrogen) atoms. The van der Waals surface area contributed by atoms with Crippen LogP contribution in [0.25, 0.3) is 6.08 Å². The first-order valence-electron chi connectivity index (χ1n) is 3.62. The van der Waals surface area contributed by atoms with Gasteiger partial charge in [-0.3, -0.25) is 4.79 Å². The van der Waals surface area contributed by atoms with E-state index in [0.717, 1.165) is 17.4 Å². The summed E-state index contributed by atoms with van der Waals surface area (Å²) in [6.07, 6.45) is 3.85. The molecule has 0 bridgehead atoms. The molecule has 0 aliphatic heterocycles. The average Bonchev–Trinajstić information content (AvgIpc) is 2.03. The topological polar surface area (TPSA) is 17.1 Å². The maximum Gasteiger partial charge on any atom is 0.142 e. The van der Waals surface area contributed by atoms with Crippen molar-refractivity contribution in [3.05, 3.63) is 40.4 Å². The van der Waals surface area contributed by atoms with Crippen molar-refractivity contribution >= 4 is 24.0 Å². The normalized spacial score (nSPS) is 10.5. The summed E-state index contributed by atoms with van der Waals surface area (Å²) in [4.78, 5) is 10.0. The molecule has 2 heteroatoms. The van der Waals surface area contributed by atoms with E-state index in [2.05, 4.69) is 0 Å². The number of allylic oxidation sites excluding steroid dienone is 1. The molecule has 0 atom stereocenters. The van der Waals surface area contributed by atoms with Gasteiger partial charge in [-0.25, -0.2) is 0 Å². The molecule has 1 aromatic rings. The summed E-state index contributed by atoms with van der Waals surface area (Å²) in [7, 11) is 0. The van der Waals surface area contributed by atoms with Crippen LogP contribution >= 0.6 is 11.6 Å². The quantitative estimate of drug-likeness (QED) is 0.505. The van der Waals surface area contributed by atoms with Gasteiger partial charge in [-0.1, -0.05) is 29.8 Å². The molecular weight excluding hydrogens is 172 g/mol. The van der Waals surface area contributed by atoms with E-state index in [4.69, 9.17) is 11.6 Å². The van der Waals surface area contributed by atoms with E-state index < -0.39 is 0 Å². The Morgan fingerprint density at radius 2 is 2.17 bits per heavy atom. The Kier molecular flexibility index (Phi) is 3.06. The number of benzene rings is 1. The highest BCUT2D eigenvalue weighted by atomic mass is 35.5. The lowest BCUT2D eigenvalue weighted by molar-refractivity contribution is -0.104. The van der Waals surface area contributed by atoms with Crippen molar-refractivity contribution < 1.29 is 4.79 Å². The zero-order valence-electron chi connectivity index (χ0n) is 6.75. The lowest BCUT2D eigenvalue weighted by atomic mass is 10.1. The van der Waals surface area contributed by atoms with Gasteiger partial charge in [-0.05, 0) is 30.2 Å². The Labute approximate surface area is 76.7 Å². The van der Waals surface area contributed by atoms with Gasteiger partial charge in [-0.2, -0.15) is 0 Å². The fraction of sp³-hybridized carbons (Fsp3) is 0.100.